The Bertz CT molecular complexity index is 442. The van der Waals surface area contributed by atoms with Crippen LogP contribution < -0.4 is 5.32 Å². The Morgan fingerprint density at radius 3 is 2.83 bits per heavy atom. The number of benzene rings is 1. The number of hydrogen-bond donors (Lipinski definition) is 1. The minimum atomic E-state index is -0.0764. The Morgan fingerprint density at radius 1 is 1.39 bits per heavy atom. The van der Waals surface area contributed by atoms with E-state index in [-0.39, 0.29) is 17.8 Å². The molecular formula is C15H21NO2. The second-order valence-corrected chi connectivity index (χ2v) is 4.98. The molecule has 98 valence electrons. The molecule has 0 amide bonds. The van der Waals surface area contributed by atoms with Gasteiger partial charge < -0.3 is 10.1 Å². The van der Waals surface area contributed by atoms with Crippen molar-refractivity contribution < 1.29 is 9.53 Å². The van der Waals surface area contributed by atoms with Crippen molar-refractivity contribution in [1.29, 1.82) is 0 Å². The largest absolute Gasteiger partial charge is 0.466 e. The fourth-order valence-corrected chi connectivity index (χ4v) is 2.74. The van der Waals surface area contributed by atoms with Crippen LogP contribution in [-0.2, 0) is 9.53 Å². The summed E-state index contributed by atoms with van der Waals surface area (Å²) in [6.07, 6.45) is 0. The van der Waals surface area contributed by atoms with E-state index >= 15 is 0 Å². The Morgan fingerprint density at radius 2 is 2.17 bits per heavy atom. The fraction of sp³-hybridized carbons (Fsp3) is 0.533. The van der Waals surface area contributed by atoms with Gasteiger partial charge in [0.1, 0.15) is 0 Å². The average Bonchev–Trinajstić information content (AvgIpc) is 2.78. The zero-order chi connectivity index (χ0) is 13.1. The summed E-state index contributed by atoms with van der Waals surface area (Å²) < 4.78 is 5.16. The molecular weight excluding hydrogens is 226 g/mol. The van der Waals surface area contributed by atoms with Crippen LogP contribution >= 0.6 is 0 Å². The van der Waals surface area contributed by atoms with Crippen molar-refractivity contribution in [3.05, 3.63) is 34.9 Å². The van der Waals surface area contributed by atoms with Crippen LogP contribution in [0, 0.1) is 19.8 Å². The molecule has 1 fully saturated rings. The first kappa shape index (κ1) is 13.1. The molecule has 1 aromatic carbocycles. The molecule has 0 unspecified atom stereocenters. The molecule has 1 aliphatic heterocycles. The summed E-state index contributed by atoms with van der Waals surface area (Å²) in [6, 6.07) is 6.44. The molecule has 18 heavy (non-hydrogen) atoms. The van der Waals surface area contributed by atoms with E-state index in [9.17, 15) is 4.79 Å². The molecule has 1 saturated heterocycles. The lowest BCUT2D eigenvalue weighted by molar-refractivity contribution is -0.147. The van der Waals surface area contributed by atoms with E-state index in [1.54, 1.807) is 0 Å². The Kier molecular flexibility index (Phi) is 4.02. The summed E-state index contributed by atoms with van der Waals surface area (Å²) in [5.74, 6) is 0.114. The number of nitrogens with one attached hydrogen (secondary N) is 1. The lowest BCUT2D eigenvalue weighted by atomic mass is 9.86. The molecule has 1 aliphatic rings. The van der Waals surface area contributed by atoms with Crippen LogP contribution in [0.2, 0.25) is 0 Å². The molecule has 0 aromatic heterocycles. The topological polar surface area (TPSA) is 38.3 Å². The molecule has 2 atom stereocenters. The molecule has 3 heteroatoms. The Labute approximate surface area is 109 Å². The Balaban J connectivity index is 2.23. The lowest BCUT2D eigenvalue weighted by Gasteiger charge is -2.19. The second-order valence-electron chi connectivity index (χ2n) is 4.98. The van der Waals surface area contributed by atoms with Crippen molar-refractivity contribution in [2.45, 2.75) is 26.7 Å². The van der Waals surface area contributed by atoms with E-state index in [1.165, 1.54) is 16.7 Å². The highest BCUT2D eigenvalue weighted by molar-refractivity contribution is 5.74. The van der Waals surface area contributed by atoms with Gasteiger partial charge in [0.15, 0.2) is 0 Å². The normalized spacial score (nSPS) is 23.1. The lowest BCUT2D eigenvalue weighted by Crippen LogP contribution is -2.24. The highest BCUT2D eigenvalue weighted by Crippen LogP contribution is 2.31. The van der Waals surface area contributed by atoms with Crippen molar-refractivity contribution in [2.24, 2.45) is 5.92 Å². The van der Waals surface area contributed by atoms with Crippen LogP contribution in [0.25, 0.3) is 0 Å². The van der Waals surface area contributed by atoms with Crippen LogP contribution in [0.5, 0.6) is 0 Å². The molecule has 1 N–H and O–H groups in total. The minimum absolute atomic E-state index is 0.0497. The molecule has 3 nitrogen and oxygen atoms in total. The van der Waals surface area contributed by atoms with Gasteiger partial charge in [0.25, 0.3) is 0 Å². The molecule has 0 aliphatic carbocycles. The SMILES string of the molecule is CCOC(=O)[C@@H]1CNC[C@H]1c1ccc(C)cc1C. The van der Waals surface area contributed by atoms with Gasteiger partial charge >= 0.3 is 5.97 Å². The van der Waals surface area contributed by atoms with E-state index in [2.05, 4.69) is 37.4 Å². The van der Waals surface area contributed by atoms with Crippen molar-refractivity contribution in [1.82, 2.24) is 5.32 Å². The molecule has 0 spiro atoms. The first-order chi connectivity index (χ1) is 8.63. The second kappa shape index (κ2) is 5.53. The fourth-order valence-electron chi connectivity index (χ4n) is 2.74. The van der Waals surface area contributed by atoms with Gasteiger partial charge in [-0.3, -0.25) is 4.79 Å². The number of rotatable bonds is 3. The van der Waals surface area contributed by atoms with Gasteiger partial charge in [-0.05, 0) is 31.9 Å². The predicted molar refractivity (Wildman–Crippen MR) is 71.6 cm³/mol. The van der Waals surface area contributed by atoms with Crippen molar-refractivity contribution >= 4 is 5.97 Å². The zero-order valence-electron chi connectivity index (χ0n) is 11.3. The highest BCUT2D eigenvalue weighted by Gasteiger charge is 2.35. The number of ether oxygens (including phenoxy) is 1. The third kappa shape index (κ3) is 2.56. The smallest absolute Gasteiger partial charge is 0.310 e. The van der Waals surface area contributed by atoms with E-state index in [4.69, 9.17) is 4.74 Å². The number of hydrogen-bond acceptors (Lipinski definition) is 3. The molecule has 2 rings (SSSR count). The number of carbonyl (C=O) groups is 1. The quantitative estimate of drug-likeness (QED) is 0.832. The summed E-state index contributed by atoms with van der Waals surface area (Å²) in [5.41, 5.74) is 3.79. The van der Waals surface area contributed by atoms with E-state index < -0.39 is 0 Å². The van der Waals surface area contributed by atoms with Crippen LogP contribution in [0.4, 0.5) is 0 Å². The Hall–Kier alpha value is -1.35. The molecule has 0 saturated carbocycles. The van der Waals surface area contributed by atoms with Gasteiger partial charge in [0, 0.05) is 19.0 Å². The first-order valence-corrected chi connectivity index (χ1v) is 6.58. The summed E-state index contributed by atoms with van der Waals surface area (Å²) in [5, 5.41) is 3.30. The standard InChI is InChI=1S/C15H21NO2/c1-4-18-15(17)14-9-16-8-13(14)12-6-5-10(2)7-11(12)3/h5-7,13-14,16H,4,8-9H2,1-3H3/t13-,14+/m0/s1. The number of aryl methyl sites for hydroxylation is 2. The summed E-state index contributed by atoms with van der Waals surface area (Å²) >= 11 is 0. The highest BCUT2D eigenvalue weighted by atomic mass is 16.5. The van der Waals surface area contributed by atoms with Crippen molar-refractivity contribution in [3.8, 4) is 0 Å². The third-order valence-corrected chi connectivity index (χ3v) is 3.63. The maximum absolute atomic E-state index is 11.9. The molecule has 0 bridgehead atoms. The van der Waals surface area contributed by atoms with Gasteiger partial charge in [-0.25, -0.2) is 0 Å². The van der Waals surface area contributed by atoms with Crippen LogP contribution in [-0.4, -0.2) is 25.7 Å². The van der Waals surface area contributed by atoms with Gasteiger partial charge in [0.05, 0.1) is 12.5 Å². The summed E-state index contributed by atoms with van der Waals surface area (Å²) in [4.78, 5) is 11.9. The monoisotopic (exact) mass is 247 g/mol. The van der Waals surface area contributed by atoms with E-state index in [1.807, 2.05) is 6.92 Å². The van der Waals surface area contributed by atoms with Gasteiger partial charge in [0.2, 0.25) is 0 Å². The van der Waals surface area contributed by atoms with Crippen LogP contribution in [0.1, 0.15) is 29.5 Å². The van der Waals surface area contributed by atoms with Crippen molar-refractivity contribution in [3.63, 3.8) is 0 Å². The minimum Gasteiger partial charge on any atom is -0.466 e. The van der Waals surface area contributed by atoms with E-state index in [0.29, 0.717) is 6.61 Å². The zero-order valence-corrected chi connectivity index (χ0v) is 11.3. The number of carbonyl (C=O) groups excluding carboxylic acids is 1. The molecule has 1 aromatic rings. The van der Waals surface area contributed by atoms with E-state index in [0.717, 1.165) is 13.1 Å². The third-order valence-electron chi connectivity index (χ3n) is 3.63. The maximum atomic E-state index is 11.9. The average molecular weight is 247 g/mol. The van der Waals surface area contributed by atoms with Crippen LogP contribution in [0.3, 0.4) is 0 Å². The summed E-state index contributed by atoms with van der Waals surface area (Å²) in [6.45, 7) is 8.08. The van der Waals surface area contributed by atoms with Crippen molar-refractivity contribution in [2.75, 3.05) is 19.7 Å². The summed E-state index contributed by atoms with van der Waals surface area (Å²) in [7, 11) is 0. The molecule has 0 radical (unpaired) electrons. The van der Waals surface area contributed by atoms with Crippen LogP contribution in [0.15, 0.2) is 18.2 Å². The van der Waals surface area contributed by atoms with Gasteiger partial charge in [-0.15, -0.1) is 0 Å². The maximum Gasteiger partial charge on any atom is 0.310 e. The predicted octanol–water partition coefficient (Wildman–Crippen LogP) is 2.17. The first-order valence-electron chi connectivity index (χ1n) is 6.58. The van der Waals surface area contributed by atoms with Gasteiger partial charge in [-0.2, -0.15) is 0 Å². The molecule has 1 heterocycles. The number of esters is 1. The van der Waals surface area contributed by atoms with Gasteiger partial charge in [-0.1, -0.05) is 23.8 Å².